The van der Waals surface area contributed by atoms with Crippen molar-refractivity contribution in [3.63, 3.8) is 0 Å². The number of aliphatic imine (C=N–C) groups is 1. The van der Waals surface area contributed by atoms with Gasteiger partial charge in [0.15, 0.2) is 17.5 Å². The van der Waals surface area contributed by atoms with Crippen molar-refractivity contribution in [2.24, 2.45) is 4.99 Å². The van der Waals surface area contributed by atoms with Crippen LogP contribution in [0.4, 0.5) is 0 Å². The number of hydrogen-bond donors (Lipinski definition) is 2. The van der Waals surface area contributed by atoms with E-state index < -0.39 is 0 Å². The van der Waals surface area contributed by atoms with Gasteiger partial charge in [0, 0.05) is 37.6 Å². The Morgan fingerprint density at radius 2 is 1.89 bits per heavy atom. The summed E-state index contributed by atoms with van der Waals surface area (Å²) >= 11 is 1.79. The lowest BCUT2D eigenvalue weighted by atomic mass is 10.1. The van der Waals surface area contributed by atoms with Crippen LogP contribution in [0.2, 0.25) is 0 Å². The van der Waals surface area contributed by atoms with Crippen LogP contribution in [0, 0.1) is 0 Å². The molecule has 0 atom stereocenters. The number of nitrogens with zero attached hydrogens (tertiary/aromatic N) is 2. The standard InChI is InChI=1S/C20H30N4O2S/c1-5-16-14-24-19(27-16)10-12-23-20(21-2)22-11-6-7-15-8-9-17(25-3)18(13-15)26-4/h8-9,13-14H,5-7,10-12H2,1-4H3,(H2,21,22,23). The van der Waals surface area contributed by atoms with Crippen LogP contribution < -0.4 is 20.1 Å². The molecule has 0 bridgehead atoms. The van der Waals surface area contributed by atoms with Gasteiger partial charge in [-0.2, -0.15) is 0 Å². The molecule has 6 nitrogen and oxygen atoms in total. The Bertz CT molecular complexity index is 731. The van der Waals surface area contributed by atoms with E-state index in [0.717, 1.165) is 56.2 Å². The molecule has 0 aliphatic carbocycles. The maximum atomic E-state index is 5.35. The van der Waals surface area contributed by atoms with Crippen molar-refractivity contribution in [2.75, 3.05) is 34.4 Å². The summed E-state index contributed by atoms with van der Waals surface area (Å²) in [6.45, 7) is 3.83. The van der Waals surface area contributed by atoms with Crippen LogP contribution in [0.15, 0.2) is 29.4 Å². The highest BCUT2D eigenvalue weighted by Gasteiger charge is 2.05. The van der Waals surface area contributed by atoms with Gasteiger partial charge >= 0.3 is 0 Å². The summed E-state index contributed by atoms with van der Waals surface area (Å²) in [7, 11) is 5.10. The first-order valence-corrected chi connectivity index (χ1v) is 10.1. The van der Waals surface area contributed by atoms with Crippen molar-refractivity contribution in [2.45, 2.75) is 32.6 Å². The molecule has 1 heterocycles. The summed E-state index contributed by atoms with van der Waals surface area (Å²) in [4.78, 5) is 10.1. The van der Waals surface area contributed by atoms with Crippen LogP contribution in [0.25, 0.3) is 0 Å². The molecule has 0 radical (unpaired) electrons. The molecule has 0 aliphatic rings. The molecular weight excluding hydrogens is 360 g/mol. The number of ether oxygens (including phenoxy) is 2. The average molecular weight is 391 g/mol. The Hall–Kier alpha value is -2.28. The van der Waals surface area contributed by atoms with E-state index in [9.17, 15) is 0 Å². The Morgan fingerprint density at radius 1 is 1.11 bits per heavy atom. The second-order valence-corrected chi connectivity index (χ2v) is 7.24. The third kappa shape index (κ3) is 6.75. The number of benzene rings is 1. The molecule has 2 rings (SSSR count). The summed E-state index contributed by atoms with van der Waals surface area (Å²) in [5.41, 5.74) is 1.23. The molecule has 2 N–H and O–H groups in total. The van der Waals surface area contributed by atoms with Gasteiger partial charge in [-0.15, -0.1) is 11.3 Å². The van der Waals surface area contributed by atoms with Crippen LogP contribution in [0.5, 0.6) is 11.5 Å². The zero-order valence-electron chi connectivity index (χ0n) is 16.7. The topological polar surface area (TPSA) is 67.8 Å². The number of aryl methyl sites for hydroxylation is 2. The van der Waals surface area contributed by atoms with E-state index >= 15 is 0 Å². The van der Waals surface area contributed by atoms with Crippen LogP contribution >= 0.6 is 11.3 Å². The summed E-state index contributed by atoms with van der Waals surface area (Å²) in [6.07, 6.45) is 5.90. The Balaban J connectivity index is 1.68. The van der Waals surface area contributed by atoms with Crippen LogP contribution in [-0.4, -0.2) is 45.3 Å². The normalized spacial score (nSPS) is 11.3. The maximum absolute atomic E-state index is 5.35. The van der Waals surface area contributed by atoms with Gasteiger partial charge in [-0.05, 0) is 37.0 Å². The lowest BCUT2D eigenvalue weighted by Crippen LogP contribution is -2.38. The smallest absolute Gasteiger partial charge is 0.190 e. The molecule has 0 fully saturated rings. The van der Waals surface area contributed by atoms with Gasteiger partial charge in [0.1, 0.15) is 0 Å². The van der Waals surface area contributed by atoms with Gasteiger partial charge in [0.25, 0.3) is 0 Å². The molecule has 7 heteroatoms. The second-order valence-electron chi connectivity index (χ2n) is 6.04. The number of methoxy groups -OCH3 is 2. The van der Waals surface area contributed by atoms with Crippen molar-refractivity contribution in [1.82, 2.24) is 15.6 Å². The fraction of sp³-hybridized carbons (Fsp3) is 0.500. The molecule has 2 aromatic rings. The monoisotopic (exact) mass is 390 g/mol. The zero-order chi connectivity index (χ0) is 19.5. The second kappa shape index (κ2) is 11.4. The fourth-order valence-electron chi connectivity index (χ4n) is 2.67. The Morgan fingerprint density at radius 3 is 2.56 bits per heavy atom. The van der Waals surface area contributed by atoms with Gasteiger partial charge in [-0.1, -0.05) is 13.0 Å². The predicted octanol–water partition coefficient (Wildman–Crippen LogP) is 3.06. The van der Waals surface area contributed by atoms with E-state index in [0.29, 0.717) is 0 Å². The summed E-state index contributed by atoms with van der Waals surface area (Å²) in [6, 6.07) is 6.06. The van der Waals surface area contributed by atoms with Crippen molar-refractivity contribution in [3.8, 4) is 11.5 Å². The van der Waals surface area contributed by atoms with Crippen LogP contribution in [0.1, 0.15) is 28.8 Å². The Labute approximate surface area is 166 Å². The fourth-order valence-corrected chi connectivity index (χ4v) is 3.53. The van der Waals surface area contributed by atoms with Crippen molar-refractivity contribution in [3.05, 3.63) is 39.8 Å². The Kier molecular flexibility index (Phi) is 8.91. The van der Waals surface area contributed by atoms with E-state index in [1.54, 1.807) is 32.6 Å². The van der Waals surface area contributed by atoms with E-state index in [4.69, 9.17) is 9.47 Å². The molecule has 1 aromatic carbocycles. The minimum Gasteiger partial charge on any atom is -0.493 e. The number of nitrogens with one attached hydrogen (secondary N) is 2. The first kappa shape index (κ1) is 21.0. The lowest BCUT2D eigenvalue weighted by Gasteiger charge is -2.12. The largest absolute Gasteiger partial charge is 0.493 e. The summed E-state index contributed by atoms with van der Waals surface area (Å²) in [5.74, 6) is 2.36. The molecule has 0 unspecified atom stereocenters. The zero-order valence-corrected chi connectivity index (χ0v) is 17.5. The minimum absolute atomic E-state index is 0.760. The van der Waals surface area contributed by atoms with E-state index in [1.807, 2.05) is 18.3 Å². The van der Waals surface area contributed by atoms with Crippen molar-refractivity contribution < 1.29 is 9.47 Å². The highest BCUT2D eigenvalue weighted by atomic mass is 32.1. The van der Waals surface area contributed by atoms with Gasteiger partial charge in [-0.3, -0.25) is 4.99 Å². The third-order valence-electron chi connectivity index (χ3n) is 4.19. The number of rotatable bonds is 10. The summed E-state index contributed by atoms with van der Waals surface area (Å²) < 4.78 is 10.6. The summed E-state index contributed by atoms with van der Waals surface area (Å²) in [5, 5.41) is 7.88. The highest BCUT2D eigenvalue weighted by Crippen LogP contribution is 2.27. The van der Waals surface area contributed by atoms with Gasteiger partial charge in [0.05, 0.1) is 19.2 Å². The lowest BCUT2D eigenvalue weighted by molar-refractivity contribution is 0.354. The molecule has 0 spiro atoms. The van der Waals surface area contributed by atoms with Crippen molar-refractivity contribution >= 4 is 17.3 Å². The first-order valence-electron chi connectivity index (χ1n) is 9.29. The molecule has 0 aliphatic heterocycles. The minimum atomic E-state index is 0.760. The van der Waals surface area contributed by atoms with E-state index in [1.165, 1.54) is 15.4 Å². The molecule has 0 saturated heterocycles. The van der Waals surface area contributed by atoms with Crippen LogP contribution in [0.3, 0.4) is 0 Å². The van der Waals surface area contributed by atoms with Crippen molar-refractivity contribution in [1.29, 1.82) is 0 Å². The average Bonchev–Trinajstić information content (AvgIpc) is 3.17. The number of thiazole rings is 1. The highest BCUT2D eigenvalue weighted by molar-refractivity contribution is 7.11. The molecule has 1 aromatic heterocycles. The molecule has 0 amide bonds. The first-order chi connectivity index (χ1) is 13.2. The van der Waals surface area contributed by atoms with Gasteiger partial charge in [0.2, 0.25) is 0 Å². The third-order valence-corrected chi connectivity index (χ3v) is 5.39. The SMILES string of the molecule is CCc1cnc(CCNC(=NC)NCCCc2ccc(OC)c(OC)c2)s1. The number of hydrogen-bond acceptors (Lipinski definition) is 5. The molecular formula is C20H30N4O2S. The molecule has 0 saturated carbocycles. The number of aromatic nitrogens is 1. The van der Waals surface area contributed by atoms with E-state index in [2.05, 4.69) is 33.6 Å². The quantitative estimate of drug-likeness (QED) is 0.371. The maximum Gasteiger partial charge on any atom is 0.190 e. The molecule has 27 heavy (non-hydrogen) atoms. The van der Waals surface area contributed by atoms with Gasteiger partial charge in [-0.25, -0.2) is 4.98 Å². The van der Waals surface area contributed by atoms with Crippen LogP contribution in [-0.2, 0) is 19.3 Å². The molecule has 148 valence electrons. The predicted molar refractivity (Wildman–Crippen MR) is 112 cm³/mol. The van der Waals surface area contributed by atoms with E-state index in [-0.39, 0.29) is 0 Å². The number of guanidine groups is 1. The van der Waals surface area contributed by atoms with Gasteiger partial charge < -0.3 is 20.1 Å².